The molecule has 7 heteroatoms. The number of rotatable bonds is 5. The molecule has 0 radical (unpaired) electrons. The Kier molecular flexibility index (Phi) is 5.68. The van der Waals surface area contributed by atoms with Crippen LogP contribution in [0.4, 0.5) is 0 Å². The molecule has 2 aromatic carbocycles. The van der Waals surface area contributed by atoms with Gasteiger partial charge >= 0.3 is 0 Å². The molecule has 0 bridgehead atoms. The molecule has 30 heavy (non-hydrogen) atoms. The first-order valence-electron chi connectivity index (χ1n) is 9.95. The molecule has 1 N–H and O–H groups in total. The third-order valence-electron chi connectivity index (χ3n) is 5.29. The molecule has 0 aliphatic carbocycles. The summed E-state index contributed by atoms with van der Waals surface area (Å²) >= 11 is 6.02. The molecule has 0 aromatic heterocycles. The summed E-state index contributed by atoms with van der Waals surface area (Å²) < 4.78 is 11.1. The zero-order chi connectivity index (χ0) is 21.3. The minimum Gasteiger partial charge on any atom is -0.507 e. The Hall–Kier alpha value is -2.99. The summed E-state index contributed by atoms with van der Waals surface area (Å²) in [6, 6.07) is 11.3. The van der Waals surface area contributed by atoms with Gasteiger partial charge in [0.25, 0.3) is 11.7 Å². The number of halogens is 1. The Morgan fingerprint density at radius 2 is 1.80 bits per heavy atom. The van der Waals surface area contributed by atoms with Crippen molar-refractivity contribution < 1.29 is 24.2 Å². The number of likely N-dealkylation sites (tertiary alicyclic amines) is 1. The summed E-state index contributed by atoms with van der Waals surface area (Å²) in [5.74, 6) is -0.464. The van der Waals surface area contributed by atoms with Crippen LogP contribution in [-0.4, -0.2) is 41.5 Å². The predicted molar refractivity (Wildman–Crippen MR) is 113 cm³/mol. The van der Waals surface area contributed by atoms with Crippen molar-refractivity contribution in [1.82, 2.24) is 4.90 Å². The van der Waals surface area contributed by atoms with Crippen LogP contribution in [0.15, 0.2) is 48.0 Å². The van der Waals surface area contributed by atoms with Crippen molar-refractivity contribution in [3.8, 4) is 11.5 Å². The molecule has 2 aromatic rings. The van der Waals surface area contributed by atoms with Crippen molar-refractivity contribution >= 4 is 29.1 Å². The van der Waals surface area contributed by atoms with Crippen LogP contribution < -0.4 is 9.47 Å². The maximum atomic E-state index is 12.9. The lowest BCUT2D eigenvalue weighted by atomic mass is 9.95. The van der Waals surface area contributed by atoms with Gasteiger partial charge in [0.15, 0.2) is 11.5 Å². The van der Waals surface area contributed by atoms with Crippen LogP contribution in [0.1, 0.15) is 36.9 Å². The van der Waals surface area contributed by atoms with Crippen LogP contribution in [0, 0.1) is 0 Å². The molecule has 0 spiro atoms. The molecule has 2 aliphatic heterocycles. The standard InChI is InChI=1S/C23H22ClNO5/c1-2-3-10-25-20(14-4-7-16(24)8-5-14)19(22(27)23(25)28)21(26)15-6-9-17-18(13-15)30-12-11-29-17/h4-9,13,20,26H,2-3,10-12H2,1H3/b21-19-. The second kappa shape index (κ2) is 8.40. The van der Waals surface area contributed by atoms with Gasteiger partial charge in [-0.1, -0.05) is 37.1 Å². The summed E-state index contributed by atoms with van der Waals surface area (Å²) in [4.78, 5) is 27.3. The van der Waals surface area contributed by atoms with Gasteiger partial charge in [-0.15, -0.1) is 0 Å². The van der Waals surface area contributed by atoms with E-state index in [4.69, 9.17) is 21.1 Å². The van der Waals surface area contributed by atoms with Crippen molar-refractivity contribution in [2.45, 2.75) is 25.8 Å². The van der Waals surface area contributed by atoms with E-state index in [-0.39, 0.29) is 11.3 Å². The number of aliphatic hydroxyl groups excluding tert-OH is 1. The first-order valence-corrected chi connectivity index (χ1v) is 10.3. The first kappa shape index (κ1) is 20.3. The fourth-order valence-corrected chi connectivity index (χ4v) is 3.90. The van der Waals surface area contributed by atoms with E-state index in [1.165, 1.54) is 4.90 Å². The quantitative estimate of drug-likeness (QED) is 0.436. The molecule has 2 aliphatic rings. The number of ether oxygens (including phenoxy) is 2. The highest BCUT2D eigenvalue weighted by Gasteiger charge is 2.45. The number of nitrogens with zero attached hydrogens (tertiary/aromatic N) is 1. The zero-order valence-corrected chi connectivity index (χ0v) is 17.3. The third-order valence-corrected chi connectivity index (χ3v) is 5.55. The molecule has 1 atom stereocenters. The zero-order valence-electron chi connectivity index (χ0n) is 16.6. The second-order valence-electron chi connectivity index (χ2n) is 7.26. The van der Waals surface area contributed by atoms with E-state index in [1.807, 2.05) is 6.92 Å². The van der Waals surface area contributed by atoms with Crippen molar-refractivity contribution in [1.29, 1.82) is 0 Å². The Balaban J connectivity index is 1.82. The summed E-state index contributed by atoms with van der Waals surface area (Å²) in [6.07, 6.45) is 1.62. The fourth-order valence-electron chi connectivity index (χ4n) is 3.78. The summed E-state index contributed by atoms with van der Waals surface area (Å²) in [5.41, 5.74) is 1.18. The number of carbonyl (C=O) groups is 2. The Morgan fingerprint density at radius 3 is 2.50 bits per heavy atom. The summed E-state index contributed by atoms with van der Waals surface area (Å²) in [7, 11) is 0. The lowest BCUT2D eigenvalue weighted by Crippen LogP contribution is -2.30. The van der Waals surface area contributed by atoms with E-state index < -0.39 is 17.7 Å². The van der Waals surface area contributed by atoms with E-state index in [0.29, 0.717) is 47.4 Å². The molecule has 2 heterocycles. The average Bonchev–Trinajstić information content (AvgIpc) is 3.02. The minimum absolute atomic E-state index is 0.0649. The van der Waals surface area contributed by atoms with Crippen LogP contribution in [0.25, 0.3) is 5.76 Å². The van der Waals surface area contributed by atoms with Gasteiger partial charge < -0.3 is 19.5 Å². The van der Waals surface area contributed by atoms with Crippen molar-refractivity contribution in [2.75, 3.05) is 19.8 Å². The van der Waals surface area contributed by atoms with Crippen molar-refractivity contribution in [3.63, 3.8) is 0 Å². The Bertz CT molecular complexity index is 1010. The topological polar surface area (TPSA) is 76.1 Å². The molecule has 1 unspecified atom stereocenters. The minimum atomic E-state index is -0.696. The van der Waals surface area contributed by atoms with E-state index in [0.717, 1.165) is 12.8 Å². The highest BCUT2D eigenvalue weighted by molar-refractivity contribution is 6.46. The number of aliphatic hydroxyl groups is 1. The number of Topliss-reactive ketones (excluding diaryl/α,β-unsaturated/α-hetero) is 1. The highest BCUT2D eigenvalue weighted by atomic mass is 35.5. The highest BCUT2D eigenvalue weighted by Crippen LogP contribution is 2.41. The van der Waals surface area contributed by atoms with Crippen LogP contribution in [-0.2, 0) is 9.59 Å². The van der Waals surface area contributed by atoms with Gasteiger partial charge in [-0.3, -0.25) is 9.59 Å². The van der Waals surface area contributed by atoms with E-state index in [9.17, 15) is 14.7 Å². The Labute approximate surface area is 179 Å². The largest absolute Gasteiger partial charge is 0.507 e. The molecule has 1 amide bonds. The lowest BCUT2D eigenvalue weighted by molar-refractivity contribution is -0.139. The van der Waals surface area contributed by atoms with Crippen molar-refractivity contribution in [2.24, 2.45) is 0 Å². The number of carbonyl (C=O) groups excluding carboxylic acids is 2. The second-order valence-corrected chi connectivity index (χ2v) is 7.69. The summed E-state index contributed by atoms with van der Waals surface area (Å²) in [6.45, 7) is 3.30. The SMILES string of the molecule is CCCCN1C(=O)C(=O)/C(=C(\O)c2ccc3c(c2)OCCO3)C1c1ccc(Cl)cc1. The van der Waals surface area contributed by atoms with Crippen LogP contribution >= 0.6 is 11.6 Å². The number of hydrogen-bond acceptors (Lipinski definition) is 5. The number of hydrogen-bond donors (Lipinski definition) is 1. The lowest BCUT2D eigenvalue weighted by Gasteiger charge is -2.25. The smallest absolute Gasteiger partial charge is 0.295 e. The first-order chi connectivity index (χ1) is 14.5. The number of fused-ring (bicyclic) bond motifs is 1. The third kappa shape index (κ3) is 3.63. The van der Waals surface area contributed by atoms with Gasteiger partial charge in [0, 0.05) is 17.1 Å². The molecule has 156 valence electrons. The number of unbranched alkanes of at least 4 members (excludes halogenated alkanes) is 1. The normalized spacial score (nSPS) is 19.9. The van der Waals surface area contributed by atoms with Gasteiger partial charge in [-0.2, -0.15) is 0 Å². The maximum absolute atomic E-state index is 12.9. The van der Waals surface area contributed by atoms with Crippen LogP contribution in [0.2, 0.25) is 5.02 Å². The van der Waals surface area contributed by atoms with E-state index >= 15 is 0 Å². The molecular formula is C23H22ClNO5. The maximum Gasteiger partial charge on any atom is 0.295 e. The van der Waals surface area contributed by atoms with Gasteiger partial charge in [-0.05, 0) is 42.3 Å². The molecular weight excluding hydrogens is 406 g/mol. The number of ketones is 1. The molecule has 1 saturated heterocycles. The van der Waals surface area contributed by atoms with Gasteiger partial charge in [-0.25, -0.2) is 0 Å². The number of amides is 1. The van der Waals surface area contributed by atoms with E-state index in [2.05, 4.69) is 0 Å². The van der Waals surface area contributed by atoms with Crippen LogP contribution in [0.5, 0.6) is 11.5 Å². The fraction of sp³-hybridized carbons (Fsp3) is 0.304. The predicted octanol–water partition coefficient (Wildman–Crippen LogP) is 4.33. The average molecular weight is 428 g/mol. The molecule has 1 fully saturated rings. The van der Waals surface area contributed by atoms with Gasteiger partial charge in [0.2, 0.25) is 0 Å². The Morgan fingerprint density at radius 1 is 1.10 bits per heavy atom. The van der Waals surface area contributed by atoms with E-state index in [1.54, 1.807) is 42.5 Å². The van der Waals surface area contributed by atoms with Crippen LogP contribution in [0.3, 0.4) is 0 Å². The molecule has 0 saturated carbocycles. The van der Waals surface area contributed by atoms with Gasteiger partial charge in [0.05, 0.1) is 11.6 Å². The number of benzene rings is 2. The molecule has 6 nitrogen and oxygen atoms in total. The summed E-state index contributed by atoms with van der Waals surface area (Å²) in [5, 5.41) is 11.6. The van der Waals surface area contributed by atoms with Gasteiger partial charge in [0.1, 0.15) is 19.0 Å². The van der Waals surface area contributed by atoms with Crippen molar-refractivity contribution in [3.05, 3.63) is 64.2 Å². The monoisotopic (exact) mass is 427 g/mol. The molecule has 4 rings (SSSR count).